The first-order valence-electron chi connectivity index (χ1n) is 4.97. The van der Waals surface area contributed by atoms with Gasteiger partial charge in [0.25, 0.3) is 0 Å². The molecule has 0 saturated carbocycles. The van der Waals surface area contributed by atoms with Crippen molar-refractivity contribution in [2.24, 2.45) is 0 Å². The van der Waals surface area contributed by atoms with Crippen LogP contribution in [0.15, 0.2) is 36.9 Å². The van der Waals surface area contributed by atoms with Crippen LogP contribution in [0.1, 0.15) is 11.1 Å². The fourth-order valence-corrected chi connectivity index (χ4v) is 1.25. The summed E-state index contributed by atoms with van der Waals surface area (Å²) in [6, 6.07) is 4.54. The van der Waals surface area contributed by atoms with Gasteiger partial charge in [-0.2, -0.15) is 13.2 Å². The van der Waals surface area contributed by atoms with E-state index >= 15 is 0 Å². The molecule has 0 aliphatic heterocycles. The standard InChI is InChI=1S/C12H12F3NO/c1-2-7-16-11(17)8-9-3-5-10(6-4-9)12(13,14)15/h2-6H,1,7-8H2,(H,16,17). The largest absolute Gasteiger partial charge is 0.416 e. The van der Waals surface area contributed by atoms with Crippen molar-refractivity contribution in [3.8, 4) is 0 Å². The quantitative estimate of drug-likeness (QED) is 0.809. The molecule has 0 aliphatic carbocycles. The Kier molecular flexibility index (Phi) is 4.31. The SMILES string of the molecule is C=CCNC(=O)Cc1ccc(C(F)(F)F)cc1. The summed E-state index contributed by atoms with van der Waals surface area (Å²) in [6.45, 7) is 3.79. The van der Waals surface area contributed by atoms with Gasteiger partial charge in [-0.05, 0) is 17.7 Å². The topological polar surface area (TPSA) is 29.1 Å². The summed E-state index contributed by atoms with van der Waals surface area (Å²) in [5.74, 6) is -0.246. The fraction of sp³-hybridized carbons (Fsp3) is 0.250. The molecule has 0 spiro atoms. The second-order valence-electron chi connectivity index (χ2n) is 3.46. The minimum atomic E-state index is -4.34. The van der Waals surface area contributed by atoms with Crippen molar-refractivity contribution < 1.29 is 18.0 Å². The predicted octanol–water partition coefficient (Wildman–Crippen LogP) is 2.55. The Morgan fingerprint density at radius 1 is 1.29 bits per heavy atom. The van der Waals surface area contributed by atoms with E-state index in [0.29, 0.717) is 12.1 Å². The molecule has 1 aromatic carbocycles. The zero-order valence-electron chi connectivity index (χ0n) is 9.05. The molecule has 0 radical (unpaired) electrons. The molecule has 0 heterocycles. The normalized spacial score (nSPS) is 11.0. The molecule has 2 nitrogen and oxygen atoms in total. The summed E-state index contributed by atoms with van der Waals surface area (Å²) < 4.78 is 36.8. The molecule has 0 aliphatic rings. The average Bonchev–Trinajstić information content (AvgIpc) is 2.26. The van der Waals surface area contributed by atoms with E-state index in [1.54, 1.807) is 0 Å². The molecular weight excluding hydrogens is 231 g/mol. The first-order chi connectivity index (χ1) is 7.93. The second-order valence-corrected chi connectivity index (χ2v) is 3.46. The highest BCUT2D eigenvalue weighted by atomic mass is 19.4. The monoisotopic (exact) mass is 243 g/mol. The molecule has 0 unspecified atom stereocenters. The van der Waals surface area contributed by atoms with E-state index in [9.17, 15) is 18.0 Å². The van der Waals surface area contributed by atoms with E-state index < -0.39 is 11.7 Å². The van der Waals surface area contributed by atoms with Crippen LogP contribution in [-0.2, 0) is 17.4 Å². The van der Waals surface area contributed by atoms with E-state index in [1.807, 2.05) is 0 Å². The third kappa shape index (κ3) is 4.30. The highest BCUT2D eigenvalue weighted by Gasteiger charge is 2.29. The van der Waals surface area contributed by atoms with Gasteiger partial charge in [0.1, 0.15) is 0 Å². The minimum absolute atomic E-state index is 0.0615. The third-order valence-corrected chi connectivity index (χ3v) is 2.09. The molecule has 1 rings (SSSR count). The van der Waals surface area contributed by atoms with Gasteiger partial charge in [-0.15, -0.1) is 6.58 Å². The number of rotatable bonds is 4. The maximum atomic E-state index is 12.3. The van der Waals surface area contributed by atoms with Crippen LogP contribution in [0, 0.1) is 0 Å². The molecule has 0 atom stereocenters. The van der Waals surface area contributed by atoms with E-state index in [0.717, 1.165) is 12.1 Å². The van der Waals surface area contributed by atoms with Crippen molar-refractivity contribution in [1.82, 2.24) is 5.32 Å². The predicted molar refractivity (Wildman–Crippen MR) is 58.4 cm³/mol. The van der Waals surface area contributed by atoms with Crippen LogP contribution in [-0.4, -0.2) is 12.5 Å². The number of carbonyl (C=O) groups is 1. The number of carbonyl (C=O) groups excluding carboxylic acids is 1. The molecule has 17 heavy (non-hydrogen) atoms. The summed E-state index contributed by atoms with van der Waals surface area (Å²) >= 11 is 0. The van der Waals surface area contributed by atoms with Crippen LogP contribution in [0.2, 0.25) is 0 Å². The number of alkyl halides is 3. The Bertz CT molecular complexity index is 395. The smallest absolute Gasteiger partial charge is 0.352 e. The first-order valence-corrected chi connectivity index (χ1v) is 4.97. The van der Waals surface area contributed by atoms with Crippen LogP contribution in [0.25, 0.3) is 0 Å². The third-order valence-electron chi connectivity index (χ3n) is 2.09. The highest BCUT2D eigenvalue weighted by Crippen LogP contribution is 2.29. The molecule has 1 aromatic rings. The Morgan fingerprint density at radius 3 is 2.35 bits per heavy atom. The zero-order valence-corrected chi connectivity index (χ0v) is 9.05. The Morgan fingerprint density at radius 2 is 1.88 bits per heavy atom. The van der Waals surface area contributed by atoms with Crippen LogP contribution >= 0.6 is 0 Å². The van der Waals surface area contributed by atoms with E-state index in [-0.39, 0.29) is 12.3 Å². The number of halogens is 3. The van der Waals surface area contributed by atoms with Gasteiger partial charge in [0.05, 0.1) is 12.0 Å². The van der Waals surface area contributed by atoms with E-state index in [2.05, 4.69) is 11.9 Å². The summed E-state index contributed by atoms with van der Waals surface area (Å²) in [5, 5.41) is 2.55. The lowest BCUT2D eigenvalue weighted by Gasteiger charge is -2.07. The van der Waals surface area contributed by atoms with Gasteiger partial charge >= 0.3 is 6.18 Å². The Labute approximate surface area is 97.1 Å². The van der Waals surface area contributed by atoms with Crippen molar-refractivity contribution >= 4 is 5.91 Å². The Balaban J connectivity index is 2.62. The number of benzene rings is 1. The van der Waals surface area contributed by atoms with Gasteiger partial charge in [-0.1, -0.05) is 18.2 Å². The highest BCUT2D eigenvalue weighted by molar-refractivity contribution is 5.78. The van der Waals surface area contributed by atoms with Crippen molar-refractivity contribution in [3.63, 3.8) is 0 Å². The minimum Gasteiger partial charge on any atom is -0.352 e. The molecule has 92 valence electrons. The molecule has 0 fully saturated rings. The molecule has 5 heteroatoms. The first kappa shape index (κ1) is 13.3. The summed E-state index contributed by atoms with van der Waals surface area (Å²) in [5.41, 5.74) is -0.174. The van der Waals surface area contributed by atoms with Gasteiger partial charge in [-0.3, -0.25) is 4.79 Å². The molecule has 0 aromatic heterocycles. The number of hydrogen-bond acceptors (Lipinski definition) is 1. The lowest BCUT2D eigenvalue weighted by molar-refractivity contribution is -0.137. The molecule has 1 amide bonds. The van der Waals surface area contributed by atoms with Crippen LogP contribution in [0.3, 0.4) is 0 Å². The van der Waals surface area contributed by atoms with Crippen LogP contribution in [0.4, 0.5) is 13.2 Å². The average molecular weight is 243 g/mol. The van der Waals surface area contributed by atoms with Crippen molar-refractivity contribution in [2.75, 3.05) is 6.54 Å². The van der Waals surface area contributed by atoms with Crippen molar-refractivity contribution in [2.45, 2.75) is 12.6 Å². The molecule has 1 N–H and O–H groups in total. The van der Waals surface area contributed by atoms with E-state index in [1.165, 1.54) is 18.2 Å². The molecular formula is C12H12F3NO. The lowest BCUT2D eigenvalue weighted by Crippen LogP contribution is -2.24. The van der Waals surface area contributed by atoms with Crippen LogP contribution in [0.5, 0.6) is 0 Å². The lowest BCUT2D eigenvalue weighted by atomic mass is 10.1. The van der Waals surface area contributed by atoms with Crippen molar-refractivity contribution in [3.05, 3.63) is 48.0 Å². The van der Waals surface area contributed by atoms with Gasteiger partial charge < -0.3 is 5.32 Å². The molecule has 0 saturated heterocycles. The fourth-order valence-electron chi connectivity index (χ4n) is 1.25. The summed E-state index contributed by atoms with van der Waals surface area (Å²) in [7, 11) is 0. The maximum absolute atomic E-state index is 12.3. The van der Waals surface area contributed by atoms with Gasteiger partial charge in [-0.25, -0.2) is 0 Å². The summed E-state index contributed by atoms with van der Waals surface area (Å²) in [6.07, 6.45) is -2.75. The van der Waals surface area contributed by atoms with Gasteiger partial charge in [0, 0.05) is 6.54 Å². The number of nitrogens with one attached hydrogen (secondary N) is 1. The van der Waals surface area contributed by atoms with Crippen LogP contribution < -0.4 is 5.32 Å². The van der Waals surface area contributed by atoms with Gasteiger partial charge in [0.2, 0.25) is 5.91 Å². The molecule has 0 bridgehead atoms. The number of hydrogen-bond donors (Lipinski definition) is 1. The number of amides is 1. The second kappa shape index (κ2) is 5.52. The summed E-state index contributed by atoms with van der Waals surface area (Å²) in [4.78, 5) is 11.3. The maximum Gasteiger partial charge on any atom is 0.416 e. The van der Waals surface area contributed by atoms with E-state index in [4.69, 9.17) is 0 Å². The van der Waals surface area contributed by atoms with Gasteiger partial charge in [0.15, 0.2) is 0 Å². The Hall–Kier alpha value is -1.78. The zero-order chi connectivity index (χ0) is 12.9. The van der Waals surface area contributed by atoms with Crippen molar-refractivity contribution in [1.29, 1.82) is 0 Å².